The Morgan fingerprint density at radius 1 is 1.40 bits per heavy atom. The van der Waals surface area contributed by atoms with Crippen molar-refractivity contribution in [1.82, 2.24) is 9.97 Å². The third-order valence-corrected chi connectivity index (χ3v) is 3.34. The minimum Gasteiger partial charge on any atom is -0.460 e. The number of nitro groups is 1. The predicted octanol–water partition coefficient (Wildman–Crippen LogP) is 3.00. The molecule has 0 aliphatic heterocycles. The van der Waals surface area contributed by atoms with Crippen molar-refractivity contribution in [3.05, 3.63) is 52.5 Å². The standard InChI is InChI=1S/C12H7N3O4S/c16-11(10-2-1-5-19-10)20-12-13-8-4-3-7(15(17)18)6-9(8)14-12/h1-6H,(H,13,14). The number of rotatable bonds is 3. The normalized spacial score (nSPS) is 10.8. The number of aromatic amines is 1. The van der Waals surface area contributed by atoms with Gasteiger partial charge in [0, 0.05) is 12.1 Å². The second-order valence-electron chi connectivity index (χ2n) is 3.87. The van der Waals surface area contributed by atoms with Crippen molar-refractivity contribution in [2.75, 3.05) is 0 Å². The topological polar surface area (TPSA) is 102 Å². The van der Waals surface area contributed by atoms with Crippen LogP contribution in [-0.4, -0.2) is 20.0 Å². The average Bonchev–Trinajstić information content (AvgIpc) is 3.06. The molecule has 3 rings (SSSR count). The Bertz CT molecular complexity index is 794. The Morgan fingerprint density at radius 2 is 2.25 bits per heavy atom. The molecule has 20 heavy (non-hydrogen) atoms. The Kier molecular flexibility index (Phi) is 2.99. The van der Waals surface area contributed by atoms with Crippen molar-refractivity contribution in [2.24, 2.45) is 0 Å². The van der Waals surface area contributed by atoms with Crippen LogP contribution in [0.15, 0.2) is 46.2 Å². The Hall–Kier alpha value is -2.61. The zero-order valence-corrected chi connectivity index (χ0v) is 10.7. The molecule has 0 aliphatic rings. The van der Waals surface area contributed by atoms with Gasteiger partial charge in [-0.2, -0.15) is 0 Å². The van der Waals surface area contributed by atoms with Gasteiger partial charge in [0.1, 0.15) is 0 Å². The Balaban J connectivity index is 1.89. The zero-order chi connectivity index (χ0) is 14.1. The van der Waals surface area contributed by atoms with Crippen molar-refractivity contribution in [2.45, 2.75) is 5.16 Å². The van der Waals surface area contributed by atoms with Crippen LogP contribution in [0.1, 0.15) is 10.6 Å². The average molecular weight is 289 g/mol. The van der Waals surface area contributed by atoms with E-state index in [9.17, 15) is 14.9 Å². The predicted molar refractivity (Wildman–Crippen MR) is 71.6 cm³/mol. The highest BCUT2D eigenvalue weighted by molar-refractivity contribution is 8.14. The van der Waals surface area contributed by atoms with Crippen LogP contribution in [-0.2, 0) is 0 Å². The lowest BCUT2D eigenvalue weighted by atomic mass is 10.3. The molecule has 0 fully saturated rings. The number of furan rings is 1. The number of thioether (sulfide) groups is 1. The molecule has 0 atom stereocenters. The maximum absolute atomic E-state index is 11.8. The summed E-state index contributed by atoms with van der Waals surface area (Å²) in [7, 11) is 0. The molecule has 1 N–H and O–H groups in total. The minimum absolute atomic E-state index is 0.0324. The molecule has 0 radical (unpaired) electrons. The van der Waals surface area contributed by atoms with Gasteiger partial charge in [0.05, 0.1) is 22.2 Å². The molecule has 0 saturated carbocycles. The number of hydrogen-bond donors (Lipinski definition) is 1. The molecular formula is C12H7N3O4S. The van der Waals surface area contributed by atoms with E-state index in [0.29, 0.717) is 16.2 Å². The van der Waals surface area contributed by atoms with E-state index in [-0.39, 0.29) is 16.6 Å². The fraction of sp³-hybridized carbons (Fsp3) is 0. The third-order valence-electron chi connectivity index (χ3n) is 2.57. The Labute approximate surface area is 116 Å². The monoisotopic (exact) mass is 289 g/mol. The largest absolute Gasteiger partial charge is 0.460 e. The van der Waals surface area contributed by atoms with Crippen LogP contribution >= 0.6 is 11.8 Å². The second kappa shape index (κ2) is 4.82. The van der Waals surface area contributed by atoms with Gasteiger partial charge >= 0.3 is 0 Å². The molecule has 2 heterocycles. The molecule has 0 unspecified atom stereocenters. The highest BCUT2D eigenvalue weighted by Gasteiger charge is 2.15. The summed E-state index contributed by atoms with van der Waals surface area (Å²) in [6.07, 6.45) is 1.41. The van der Waals surface area contributed by atoms with Crippen LogP contribution in [0.2, 0.25) is 0 Å². The molecule has 0 bridgehead atoms. The first-order valence-electron chi connectivity index (χ1n) is 5.53. The summed E-state index contributed by atoms with van der Waals surface area (Å²) >= 11 is 0.872. The van der Waals surface area contributed by atoms with E-state index in [1.165, 1.54) is 24.5 Å². The number of hydrogen-bond acceptors (Lipinski definition) is 6. The first-order chi connectivity index (χ1) is 9.63. The van der Waals surface area contributed by atoms with Crippen molar-refractivity contribution in [3.63, 3.8) is 0 Å². The van der Waals surface area contributed by atoms with Crippen LogP contribution in [0, 0.1) is 10.1 Å². The first-order valence-corrected chi connectivity index (χ1v) is 6.35. The number of carbonyl (C=O) groups is 1. The zero-order valence-electron chi connectivity index (χ0n) is 9.90. The molecule has 8 heteroatoms. The van der Waals surface area contributed by atoms with Crippen LogP contribution in [0.5, 0.6) is 0 Å². The maximum Gasteiger partial charge on any atom is 0.271 e. The second-order valence-corrected chi connectivity index (χ2v) is 4.83. The van der Waals surface area contributed by atoms with E-state index in [0.717, 1.165) is 11.8 Å². The highest BCUT2D eigenvalue weighted by atomic mass is 32.2. The van der Waals surface area contributed by atoms with Crippen LogP contribution in [0.3, 0.4) is 0 Å². The molecule has 1 aromatic carbocycles. The molecule has 0 saturated heterocycles. The number of benzene rings is 1. The molecule has 100 valence electrons. The molecule has 0 spiro atoms. The number of carbonyl (C=O) groups excluding carboxylic acids is 1. The lowest BCUT2D eigenvalue weighted by Crippen LogP contribution is -1.90. The summed E-state index contributed by atoms with van der Waals surface area (Å²) in [6.45, 7) is 0. The van der Waals surface area contributed by atoms with Gasteiger partial charge in [-0.3, -0.25) is 14.9 Å². The van der Waals surface area contributed by atoms with Gasteiger partial charge in [-0.15, -0.1) is 0 Å². The number of nitrogens with one attached hydrogen (secondary N) is 1. The summed E-state index contributed by atoms with van der Waals surface area (Å²) in [6, 6.07) is 7.46. The van der Waals surface area contributed by atoms with E-state index >= 15 is 0 Å². The number of non-ortho nitro benzene ring substituents is 1. The number of aromatic nitrogens is 2. The smallest absolute Gasteiger partial charge is 0.271 e. The van der Waals surface area contributed by atoms with E-state index in [2.05, 4.69) is 9.97 Å². The van der Waals surface area contributed by atoms with E-state index in [1.807, 2.05) is 0 Å². The van der Waals surface area contributed by atoms with Gasteiger partial charge in [0.2, 0.25) is 0 Å². The van der Waals surface area contributed by atoms with Crippen molar-refractivity contribution in [3.8, 4) is 0 Å². The Morgan fingerprint density at radius 3 is 2.95 bits per heavy atom. The van der Waals surface area contributed by atoms with E-state index in [4.69, 9.17) is 4.42 Å². The number of fused-ring (bicyclic) bond motifs is 1. The van der Waals surface area contributed by atoms with Crippen LogP contribution in [0.4, 0.5) is 5.69 Å². The van der Waals surface area contributed by atoms with Gasteiger partial charge < -0.3 is 9.40 Å². The van der Waals surface area contributed by atoms with Crippen molar-refractivity contribution in [1.29, 1.82) is 0 Å². The number of imidazole rings is 1. The molecule has 2 aromatic heterocycles. The van der Waals surface area contributed by atoms with Crippen molar-refractivity contribution < 1.29 is 14.1 Å². The van der Waals surface area contributed by atoms with Gasteiger partial charge in [-0.05, 0) is 30.0 Å². The maximum atomic E-state index is 11.8. The lowest BCUT2D eigenvalue weighted by Gasteiger charge is -1.92. The number of nitrogens with zero attached hydrogens (tertiary/aromatic N) is 2. The third kappa shape index (κ3) is 2.28. The number of nitro benzene ring substituents is 1. The summed E-state index contributed by atoms with van der Waals surface area (Å²) in [5.41, 5.74) is 1.04. The lowest BCUT2D eigenvalue weighted by molar-refractivity contribution is -0.384. The summed E-state index contributed by atoms with van der Waals surface area (Å²) in [5, 5.41) is 10.8. The van der Waals surface area contributed by atoms with Crippen molar-refractivity contribution >= 4 is 33.6 Å². The molecule has 0 aliphatic carbocycles. The summed E-state index contributed by atoms with van der Waals surface area (Å²) < 4.78 is 4.99. The first kappa shape index (κ1) is 12.4. The van der Waals surface area contributed by atoms with E-state index in [1.54, 1.807) is 12.1 Å². The minimum atomic E-state index is -0.485. The van der Waals surface area contributed by atoms with Gasteiger partial charge in [0.25, 0.3) is 10.8 Å². The SMILES string of the molecule is O=C(Sc1nc2ccc([N+](=O)[O-])cc2[nH]1)c1ccco1. The number of H-pyrrole nitrogens is 1. The molecule has 7 nitrogen and oxygen atoms in total. The quantitative estimate of drug-likeness (QED) is 0.451. The molecule has 3 aromatic rings. The van der Waals surface area contributed by atoms with Gasteiger partial charge in [0.15, 0.2) is 10.9 Å². The van der Waals surface area contributed by atoms with Crippen LogP contribution in [0.25, 0.3) is 11.0 Å². The molecule has 0 amide bonds. The van der Waals surface area contributed by atoms with Crippen LogP contribution < -0.4 is 0 Å². The highest BCUT2D eigenvalue weighted by Crippen LogP contribution is 2.25. The summed E-state index contributed by atoms with van der Waals surface area (Å²) in [4.78, 5) is 29.1. The van der Waals surface area contributed by atoms with E-state index < -0.39 is 4.92 Å². The fourth-order valence-electron chi connectivity index (χ4n) is 1.67. The fourth-order valence-corrected chi connectivity index (χ4v) is 2.37. The van der Waals surface area contributed by atoms with Gasteiger partial charge in [-0.1, -0.05) is 0 Å². The molecular weight excluding hydrogens is 282 g/mol. The summed E-state index contributed by atoms with van der Waals surface area (Å²) in [5.74, 6) is 0.224. The van der Waals surface area contributed by atoms with Gasteiger partial charge in [-0.25, -0.2) is 4.98 Å².